The summed E-state index contributed by atoms with van der Waals surface area (Å²) in [6, 6.07) is 11.0. The molecule has 2 aromatic carbocycles. The van der Waals surface area contributed by atoms with Crippen molar-refractivity contribution in [2.75, 3.05) is 40.6 Å². The first-order chi connectivity index (χ1) is 16.5. The zero-order chi connectivity index (χ0) is 24.7. The van der Waals surface area contributed by atoms with Crippen LogP contribution in [0.15, 0.2) is 60.7 Å². The third-order valence-electron chi connectivity index (χ3n) is 5.38. The fourth-order valence-corrected chi connectivity index (χ4v) is 3.80. The number of Topliss-reactive ketones (excluding diaryl/α,β-unsaturated/α-hetero) is 1. The predicted octanol–water partition coefficient (Wildman–Crippen LogP) is 3.73. The van der Waals surface area contributed by atoms with Gasteiger partial charge in [0.1, 0.15) is 18.1 Å². The minimum absolute atomic E-state index is 0.00734. The maximum Gasteiger partial charge on any atom is 0.295 e. The second-order valence-electron chi connectivity index (χ2n) is 7.45. The van der Waals surface area contributed by atoms with Crippen LogP contribution in [0.5, 0.6) is 17.2 Å². The van der Waals surface area contributed by atoms with E-state index in [1.807, 2.05) is 6.92 Å². The van der Waals surface area contributed by atoms with Crippen molar-refractivity contribution in [1.29, 1.82) is 0 Å². The Bertz CT molecular complexity index is 1080. The fourth-order valence-electron chi connectivity index (χ4n) is 3.80. The Morgan fingerprint density at radius 3 is 2.44 bits per heavy atom. The number of hydrogen-bond donors (Lipinski definition) is 1. The molecule has 0 unspecified atom stereocenters. The molecule has 1 heterocycles. The molecule has 0 bridgehead atoms. The third-order valence-corrected chi connectivity index (χ3v) is 5.38. The number of hydrogen-bond acceptors (Lipinski definition) is 7. The summed E-state index contributed by atoms with van der Waals surface area (Å²) in [5, 5.41) is 11.1. The highest BCUT2D eigenvalue weighted by atomic mass is 16.5. The lowest BCUT2D eigenvalue weighted by Crippen LogP contribution is -2.32. The Balaban J connectivity index is 2.11. The molecule has 3 rings (SSSR count). The molecule has 2 aromatic rings. The van der Waals surface area contributed by atoms with E-state index in [2.05, 4.69) is 6.58 Å². The van der Waals surface area contributed by atoms with Crippen molar-refractivity contribution in [3.05, 3.63) is 71.8 Å². The number of benzene rings is 2. The zero-order valence-electron chi connectivity index (χ0n) is 19.6. The lowest BCUT2D eigenvalue weighted by Gasteiger charge is -2.25. The highest BCUT2D eigenvalue weighted by Crippen LogP contribution is 2.42. The van der Waals surface area contributed by atoms with Gasteiger partial charge >= 0.3 is 0 Å². The number of amides is 1. The van der Waals surface area contributed by atoms with Gasteiger partial charge < -0.3 is 29.0 Å². The van der Waals surface area contributed by atoms with E-state index >= 15 is 0 Å². The monoisotopic (exact) mass is 467 g/mol. The van der Waals surface area contributed by atoms with Crippen LogP contribution in [0, 0.1) is 0 Å². The summed E-state index contributed by atoms with van der Waals surface area (Å²) in [4.78, 5) is 27.4. The molecule has 0 spiro atoms. The second-order valence-corrected chi connectivity index (χ2v) is 7.45. The van der Waals surface area contributed by atoms with Crippen LogP contribution >= 0.6 is 0 Å². The normalized spacial score (nSPS) is 17.0. The van der Waals surface area contributed by atoms with E-state index in [1.54, 1.807) is 48.5 Å². The molecule has 1 aliphatic rings. The van der Waals surface area contributed by atoms with Crippen molar-refractivity contribution >= 4 is 17.4 Å². The quantitative estimate of drug-likeness (QED) is 0.233. The average molecular weight is 468 g/mol. The summed E-state index contributed by atoms with van der Waals surface area (Å²) in [5.41, 5.74) is 0.980. The second kappa shape index (κ2) is 11.4. The smallest absolute Gasteiger partial charge is 0.295 e. The summed E-state index contributed by atoms with van der Waals surface area (Å²) in [6.45, 7) is 6.70. The van der Waals surface area contributed by atoms with E-state index in [0.717, 1.165) is 0 Å². The van der Waals surface area contributed by atoms with Gasteiger partial charge in [0.05, 0.1) is 31.9 Å². The zero-order valence-corrected chi connectivity index (χ0v) is 19.6. The Hall–Kier alpha value is -3.78. The molecule has 0 aromatic heterocycles. The van der Waals surface area contributed by atoms with E-state index in [0.29, 0.717) is 41.6 Å². The fraction of sp³-hybridized carbons (Fsp3) is 0.308. The van der Waals surface area contributed by atoms with Gasteiger partial charge in [-0.2, -0.15) is 0 Å². The first-order valence-electron chi connectivity index (χ1n) is 10.9. The van der Waals surface area contributed by atoms with Crippen LogP contribution in [0.1, 0.15) is 24.1 Å². The molecular weight excluding hydrogens is 438 g/mol. The molecule has 1 N–H and O–H groups in total. The molecule has 1 aliphatic heterocycles. The SMILES string of the molecule is C=CCOc1ccc([C@H]2C(=C(O)c3ccc(OCC)cc3)C(=O)C(=O)N2CCOC)cc1OC. The Morgan fingerprint density at radius 1 is 1.09 bits per heavy atom. The van der Waals surface area contributed by atoms with Crippen LogP contribution in [-0.2, 0) is 14.3 Å². The molecule has 0 radical (unpaired) electrons. The first kappa shape index (κ1) is 24.9. The number of carbonyl (C=O) groups is 2. The molecule has 1 saturated heterocycles. The van der Waals surface area contributed by atoms with Crippen molar-refractivity contribution in [2.45, 2.75) is 13.0 Å². The number of aliphatic hydroxyl groups is 1. The standard InChI is InChI=1S/C26H29NO7/c1-5-14-34-20-12-9-18(16-21(20)32-4)23-22(25(29)26(30)27(23)13-15-31-3)24(28)17-7-10-19(11-8-17)33-6-2/h5,7-12,16,23,28H,1,6,13-15H2,2-4H3/t23-/m0/s1. The van der Waals surface area contributed by atoms with Crippen molar-refractivity contribution in [2.24, 2.45) is 0 Å². The number of ketones is 1. The van der Waals surface area contributed by atoms with E-state index in [4.69, 9.17) is 18.9 Å². The number of carbonyl (C=O) groups excluding carboxylic acids is 2. The van der Waals surface area contributed by atoms with E-state index in [9.17, 15) is 14.7 Å². The Labute approximate surface area is 199 Å². The van der Waals surface area contributed by atoms with Crippen molar-refractivity contribution in [3.8, 4) is 17.2 Å². The molecular formula is C26H29NO7. The molecule has 0 saturated carbocycles. The topological polar surface area (TPSA) is 94.5 Å². The van der Waals surface area contributed by atoms with Gasteiger partial charge in [0, 0.05) is 19.2 Å². The minimum atomic E-state index is -0.830. The summed E-state index contributed by atoms with van der Waals surface area (Å²) in [5.74, 6) is -0.184. The van der Waals surface area contributed by atoms with Crippen LogP contribution < -0.4 is 14.2 Å². The van der Waals surface area contributed by atoms with Gasteiger partial charge in [-0.3, -0.25) is 9.59 Å². The number of likely N-dealkylation sites (tertiary alicyclic amines) is 1. The Morgan fingerprint density at radius 2 is 1.82 bits per heavy atom. The number of methoxy groups -OCH3 is 2. The molecule has 1 amide bonds. The number of rotatable bonds is 11. The van der Waals surface area contributed by atoms with E-state index in [-0.39, 0.29) is 24.5 Å². The van der Waals surface area contributed by atoms with Crippen LogP contribution in [0.2, 0.25) is 0 Å². The maximum atomic E-state index is 13.1. The van der Waals surface area contributed by atoms with Crippen molar-refractivity contribution < 1.29 is 33.6 Å². The minimum Gasteiger partial charge on any atom is -0.507 e. The highest BCUT2D eigenvalue weighted by molar-refractivity contribution is 6.46. The lowest BCUT2D eigenvalue weighted by molar-refractivity contribution is -0.140. The van der Waals surface area contributed by atoms with Gasteiger partial charge in [0.2, 0.25) is 0 Å². The average Bonchev–Trinajstić information content (AvgIpc) is 3.11. The third kappa shape index (κ3) is 5.07. The summed E-state index contributed by atoms with van der Waals surface area (Å²) in [7, 11) is 3.02. The van der Waals surface area contributed by atoms with Gasteiger partial charge in [0.25, 0.3) is 11.7 Å². The van der Waals surface area contributed by atoms with Crippen LogP contribution in [-0.4, -0.2) is 62.3 Å². The van der Waals surface area contributed by atoms with Crippen molar-refractivity contribution in [3.63, 3.8) is 0 Å². The lowest BCUT2D eigenvalue weighted by atomic mass is 9.95. The van der Waals surface area contributed by atoms with Crippen LogP contribution in [0.4, 0.5) is 0 Å². The summed E-state index contributed by atoms with van der Waals surface area (Å²) >= 11 is 0. The molecule has 180 valence electrons. The van der Waals surface area contributed by atoms with Gasteiger partial charge in [-0.1, -0.05) is 18.7 Å². The number of aliphatic hydroxyl groups excluding tert-OH is 1. The molecule has 1 atom stereocenters. The Kier molecular flexibility index (Phi) is 8.32. The van der Waals surface area contributed by atoms with Gasteiger partial charge in [-0.15, -0.1) is 0 Å². The molecule has 8 heteroatoms. The van der Waals surface area contributed by atoms with Gasteiger partial charge in [-0.25, -0.2) is 0 Å². The molecule has 8 nitrogen and oxygen atoms in total. The predicted molar refractivity (Wildman–Crippen MR) is 127 cm³/mol. The molecule has 1 fully saturated rings. The molecule has 0 aliphatic carbocycles. The van der Waals surface area contributed by atoms with E-state index < -0.39 is 17.7 Å². The van der Waals surface area contributed by atoms with Crippen molar-refractivity contribution in [1.82, 2.24) is 4.90 Å². The highest BCUT2D eigenvalue weighted by Gasteiger charge is 2.46. The summed E-state index contributed by atoms with van der Waals surface area (Å²) in [6.07, 6.45) is 1.61. The van der Waals surface area contributed by atoms with Gasteiger partial charge in [-0.05, 0) is 48.9 Å². The largest absolute Gasteiger partial charge is 0.507 e. The molecule has 34 heavy (non-hydrogen) atoms. The van der Waals surface area contributed by atoms with E-state index in [1.165, 1.54) is 19.1 Å². The number of ether oxygens (including phenoxy) is 4. The first-order valence-corrected chi connectivity index (χ1v) is 10.9. The maximum absolute atomic E-state index is 13.1. The van der Waals surface area contributed by atoms with Crippen LogP contribution in [0.25, 0.3) is 5.76 Å². The van der Waals surface area contributed by atoms with Gasteiger partial charge in [0.15, 0.2) is 11.5 Å². The number of nitrogens with zero attached hydrogens (tertiary/aromatic N) is 1. The van der Waals surface area contributed by atoms with Crippen LogP contribution in [0.3, 0.4) is 0 Å². The summed E-state index contributed by atoms with van der Waals surface area (Å²) < 4.78 is 21.7.